The summed E-state index contributed by atoms with van der Waals surface area (Å²) in [4.78, 5) is 19.5. The lowest BCUT2D eigenvalue weighted by Gasteiger charge is -2.27. The molecule has 0 aromatic carbocycles. The molecule has 1 amide bonds. The second-order valence-electron chi connectivity index (χ2n) is 4.86. The molecule has 1 atom stereocenters. The molecule has 3 heterocycles. The van der Waals surface area contributed by atoms with E-state index in [1.54, 1.807) is 6.33 Å². The van der Waals surface area contributed by atoms with Gasteiger partial charge in [0, 0.05) is 32.2 Å². The van der Waals surface area contributed by atoms with E-state index in [4.69, 9.17) is 4.74 Å². The van der Waals surface area contributed by atoms with Gasteiger partial charge in [-0.25, -0.2) is 4.98 Å². The third kappa shape index (κ3) is 2.39. The van der Waals surface area contributed by atoms with Crippen molar-refractivity contribution in [1.82, 2.24) is 20.6 Å². The number of carbonyl (C=O) groups excluding carboxylic acids is 1. The SMILES string of the molecule is O=C(NC1CCOCC1)C1Cc2nc[nH]c2CN1. The van der Waals surface area contributed by atoms with E-state index in [0.717, 1.165) is 37.4 Å². The van der Waals surface area contributed by atoms with Gasteiger partial charge in [-0.2, -0.15) is 0 Å². The van der Waals surface area contributed by atoms with Crippen LogP contribution in [0, 0.1) is 0 Å². The maximum atomic E-state index is 12.1. The first-order valence-electron chi connectivity index (χ1n) is 6.45. The Bertz CT molecular complexity index is 425. The largest absolute Gasteiger partial charge is 0.381 e. The number of fused-ring (bicyclic) bond motifs is 1. The molecule has 2 aliphatic rings. The molecule has 0 saturated carbocycles. The zero-order valence-corrected chi connectivity index (χ0v) is 10.2. The molecule has 1 fully saturated rings. The van der Waals surface area contributed by atoms with Crippen molar-refractivity contribution in [2.75, 3.05) is 13.2 Å². The van der Waals surface area contributed by atoms with E-state index in [-0.39, 0.29) is 18.0 Å². The average Bonchev–Trinajstić information content (AvgIpc) is 2.87. The van der Waals surface area contributed by atoms with Crippen LogP contribution in [0.5, 0.6) is 0 Å². The Morgan fingerprint density at radius 1 is 1.44 bits per heavy atom. The molecule has 0 radical (unpaired) electrons. The molecule has 3 N–H and O–H groups in total. The highest BCUT2D eigenvalue weighted by Gasteiger charge is 2.27. The van der Waals surface area contributed by atoms with Crippen LogP contribution in [-0.4, -0.2) is 41.2 Å². The number of carbonyl (C=O) groups is 1. The number of H-pyrrole nitrogens is 1. The van der Waals surface area contributed by atoms with Crippen molar-refractivity contribution in [3.8, 4) is 0 Å². The van der Waals surface area contributed by atoms with Crippen molar-refractivity contribution in [2.45, 2.75) is 37.9 Å². The fraction of sp³-hybridized carbons (Fsp3) is 0.667. The normalized spacial score (nSPS) is 24.6. The second-order valence-corrected chi connectivity index (χ2v) is 4.86. The number of hydrogen-bond donors (Lipinski definition) is 3. The monoisotopic (exact) mass is 250 g/mol. The summed E-state index contributed by atoms with van der Waals surface area (Å²) in [7, 11) is 0. The summed E-state index contributed by atoms with van der Waals surface area (Å²) < 4.78 is 5.28. The quantitative estimate of drug-likeness (QED) is 0.674. The summed E-state index contributed by atoms with van der Waals surface area (Å²) in [5, 5.41) is 6.33. The Morgan fingerprint density at radius 3 is 3.11 bits per heavy atom. The average molecular weight is 250 g/mol. The summed E-state index contributed by atoms with van der Waals surface area (Å²) in [5.74, 6) is 0.0792. The number of ether oxygens (including phenoxy) is 1. The van der Waals surface area contributed by atoms with Gasteiger partial charge in [-0.1, -0.05) is 0 Å². The summed E-state index contributed by atoms with van der Waals surface area (Å²) in [6.07, 6.45) is 4.16. The van der Waals surface area contributed by atoms with E-state index >= 15 is 0 Å². The molecule has 0 spiro atoms. The summed E-state index contributed by atoms with van der Waals surface area (Å²) in [6.45, 7) is 2.17. The lowest BCUT2D eigenvalue weighted by Crippen LogP contribution is -2.51. The Morgan fingerprint density at radius 2 is 2.28 bits per heavy atom. The molecule has 1 aromatic heterocycles. The number of aromatic nitrogens is 2. The molecule has 0 bridgehead atoms. The van der Waals surface area contributed by atoms with Gasteiger partial charge in [-0.05, 0) is 12.8 Å². The second kappa shape index (κ2) is 5.07. The number of hydrogen-bond acceptors (Lipinski definition) is 4. The van der Waals surface area contributed by atoms with Gasteiger partial charge in [0.15, 0.2) is 0 Å². The number of imidazole rings is 1. The van der Waals surface area contributed by atoms with Crippen molar-refractivity contribution >= 4 is 5.91 Å². The van der Waals surface area contributed by atoms with Crippen molar-refractivity contribution in [3.05, 3.63) is 17.7 Å². The number of rotatable bonds is 2. The van der Waals surface area contributed by atoms with Gasteiger partial charge < -0.3 is 15.0 Å². The molecule has 18 heavy (non-hydrogen) atoms. The topological polar surface area (TPSA) is 79.0 Å². The Kier molecular flexibility index (Phi) is 3.29. The molecule has 1 saturated heterocycles. The maximum absolute atomic E-state index is 12.1. The first-order chi connectivity index (χ1) is 8.83. The smallest absolute Gasteiger partial charge is 0.237 e. The number of nitrogens with one attached hydrogen (secondary N) is 3. The van der Waals surface area contributed by atoms with Crippen LogP contribution in [0.4, 0.5) is 0 Å². The van der Waals surface area contributed by atoms with Gasteiger partial charge in [0.2, 0.25) is 5.91 Å². The first-order valence-corrected chi connectivity index (χ1v) is 6.45. The van der Waals surface area contributed by atoms with Crippen LogP contribution >= 0.6 is 0 Å². The lowest BCUT2D eigenvalue weighted by atomic mass is 10.0. The van der Waals surface area contributed by atoms with E-state index in [1.165, 1.54) is 0 Å². The molecule has 6 heteroatoms. The van der Waals surface area contributed by atoms with E-state index in [0.29, 0.717) is 13.0 Å². The minimum atomic E-state index is -0.163. The van der Waals surface area contributed by atoms with Crippen LogP contribution in [0.25, 0.3) is 0 Å². The molecule has 0 aliphatic carbocycles. The molecule has 2 aliphatic heterocycles. The molecule has 6 nitrogen and oxygen atoms in total. The summed E-state index contributed by atoms with van der Waals surface area (Å²) >= 11 is 0. The van der Waals surface area contributed by atoms with Gasteiger partial charge in [-0.3, -0.25) is 10.1 Å². The van der Waals surface area contributed by atoms with Gasteiger partial charge in [-0.15, -0.1) is 0 Å². The number of aromatic amines is 1. The zero-order valence-electron chi connectivity index (χ0n) is 10.2. The Hall–Kier alpha value is -1.40. The molecular weight excluding hydrogens is 232 g/mol. The van der Waals surface area contributed by atoms with E-state index in [1.807, 2.05) is 0 Å². The molecule has 3 rings (SSSR count). The third-order valence-corrected chi connectivity index (χ3v) is 3.61. The summed E-state index contributed by atoms with van der Waals surface area (Å²) in [6, 6.07) is 0.0947. The van der Waals surface area contributed by atoms with Gasteiger partial charge in [0.05, 0.1) is 23.8 Å². The van der Waals surface area contributed by atoms with E-state index < -0.39 is 0 Å². The van der Waals surface area contributed by atoms with Gasteiger partial charge in [0.1, 0.15) is 0 Å². The van der Waals surface area contributed by atoms with Crippen LogP contribution < -0.4 is 10.6 Å². The van der Waals surface area contributed by atoms with Crippen molar-refractivity contribution in [2.24, 2.45) is 0 Å². The summed E-state index contributed by atoms with van der Waals surface area (Å²) in [5.41, 5.74) is 2.09. The molecule has 1 aromatic rings. The predicted octanol–water partition coefficient (Wildman–Crippen LogP) is -0.281. The predicted molar refractivity (Wildman–Crippen MR) is 64.9 cm³/mol. The first kappa shape index (κ1) is 11.7. The number of nitrogens with zero attached hydrogens (tertiary/aromatic N) is 1. The van der Waals surface area contributed by atoms with Crippen molar-refractivity contribution in [1.29, 1.82) is 0 Å². The van der Waals surface area contributed by atoms with Crippen molar-refractivity contribution < 1.29 is 9.53 Å². The minimum Gasteiger partial charge on any atom is -0.381 e. The highest BCUT2D eigenvalue weighted by molar-refractivity contribution is 5.82. The highest BCUT2D eigenvalue weighted by atomic mass is 16.5. The van der Waals surface area contributed by atoms with Gasteiger partial charge in [0.25, 0.3) is 0 Å². The fourth-order valence-electron chi connectivity index (χ4n) is 2.50. The van der Waals surface area contributed by atoms with Crippen LogP contribution in [-0.2, 0) is 22.5 Å². The van der Waals surface area contributed by atoms with Crippen LogP contribution in [0.15, 0.2) is 6.33 Å². The fourth-order valence-corrected chi connectivity index (χ4v) is 2.50. The Balaban J connectivity index is 1.57. The molecule has 1 unspecified atom stereocenters. The molecule has 98 valence electrons. The highest BCUT2D eigenvalue weighted by Crippen LogP contribution is 2.13. The lowest BCUT2D eigenvalue weighted by molar-refractivity contribution is -0.124. The van der Waals surface area contributed by atoms with E-state index in [2.05, 4.69) is 20.6 Å². The minimum absolute atomic E-state index is 0.0792. The maximum Gasteiger partial charge on any atom is 0.237 e. The standard InChI is InChI=1S/C12H18N4O2/c17-12(16-8-1-3-18-4-2-8)10-5-9-11(6-13-10)15-7-14-9/h7-8,10,13H,1-6H2,(H,14,15)(H,16,17). The Labute approximate surface area is 106 Å². The third-order valence-electron chi connectivity index (χ3n) is 3.61. The number of amides is 1. The zero-order chi connectivity index (χ0) is 12.4. The van der Waals surface area contributed by atoms with E-state index in [9.17, 15) is 4.79 Å². The van der Waals surface area contributed by atoms with Gasteiger partial charge >= 0.3 is 0 Å². The van der Waals surface area contributed by atoms with Crippen LogP contribution in [0.2, 0.25) is 0 Å². The van der Waals surface area contributed by atoms with Crippen LogP contribution in [0.3, 0.4) is 0 Å². The van der Waals surface area contributed by atoms with Crippen LogP contribution in [0.1, 0.15) is 24.2 Å². The van der Waals surface area contributed by atoms with Crippen molar-refractivity contribution in [3.63, 3.8) is 0 Å². The molecular formula is C12H18N4O2.